The third kappa shape index (κ3) is 7.09. The van der Waals surface area contributed by atoms with Crippen LogP contribution in [0.1, 0.15) is 45.7 Å². The number of aliphatic hydroxyl groups is 1. The molecule has 3 N–H and O–H groups in total. The van der Waals surface area contributed by atoms with Gasteiger partial charge >= 0.3 is 0 Å². The number of aliphatic imine (C=N–C) groups is 1. The Morgan fingerprint density at radius 3 is 2.38 bits per heavy atom. The molecule has 0 aliphatic carbocycles. The van der Waals surface area contributed by atoms with E-state index in [0.717, 1.165) is 17.9 Å². The summed E-state index contributed by atoms with van der Waals surface area (Å²) in [6.07, 6.45) is 3.46. The molecule has 0 radical (unpaired) electrons. The van der Waals surface area contributed by atoms with E-state index in [1.54, 1.807) is 24.0 Å². The fraction of sp³-hybridized carbons (Fsp3) is 0.545. The van der Waals surface area contributed by atoms with Gasteiger partial charge in [-0.1, -0.05) is 32.9 Å². The van der Waals surface area contributed by atoms with Crippen molar-refractivity contribution in [3.63, 3.8) is 0 Å². The number of ether oxygens (including phenoxy) is 1. The van der Waals surface area contributed by atoms with Crippen LogP contribution in [0.25, 0.3) is 0 Å². The average molecular weight is 402 g/mol. The van der Waals surface area contributed by atoms with E-state index in [-0.39, 0.29) is 12.0 Å². The third-order valence-corrected chi connectivity index (χ3v) is 4.60. The molecule has 7 nitrogen and oxygen atoms in total. The summed E-state index contributed by atoms with van der Waals surface area (Å²) in [4.78, 5) is 4.51. The van der Waals surface area contributed by atoms with Crippen molar-refractivity contribution in [2.75, 3.05) is 26.2 Å². The summed E-state index contributed by atoms with van der Waals surface area (Å²) in [5.74, 6) is 1.49. The van der Waals surface area contributed by atoms with Crippen molar-refractivity contribution in [2.24, 2.45) is 12.0 Å². The summed E-state index contributed by atoms with van der Waals surface area (Å²) in [5, 5.41) is 21.2. The number of hydrogen-bond acceptors (Lipinski definition) is 4. The number of rotatable bonds is 8. The molecule has 0 fully saturated rings. The van der Waals surface area contributed by atoms with Gasteiger partial charge in [-0.25, -0.2) is 4.99 Å². The molecule has 0 spiro atoms. The highest BCUT2D eigenvalue weighted by atomic mass is 16.5. The second kappa shape index (κ2) is 9.78. The SMILES string of the molecule is CCNC(=NCC(C)(O)c1cnn(C)c1)NCCOc1ccc(C(C)(C)C)cc1. The molecule has 0 aliphatic rings. The number of aromatic nitrogens is 2. The number of guanidine groups is 1. The molecule has 1 heterocycles. The van der Waals surface area contributed by atoms with Gasteiger partial charge in [0.05, 0.1) is 19.3 Å². The Labute approximate surface area is 174 Å². The van der Waals surface area contributed by atoms with Crippen LogP contribution < -0.4 is 15.4 Å². The number of nitrogens with one attached hydrogen (secondary N) is 2. The fourth-order valence-corrected chi connectivity index (χ4v) is 2.75. The predicted octanol–water partition coefficient (Wildman–Crippen LogP) is 2.56. The average Bonchev–Trinajstić information content (AvgIpc) is 3.10. The van der Waals surface area contributed by atoms with E-state index in [1.165, 1.54) is 5.56 Å². The van der Waals surface area contributed by atoms with E-state index in [9.17, 15) is 5.11 Å². The first-order valence-electron chi connectivity index (χ1n) is 10.1. The van der Waals surface area contributed by atoms with Gasteiger partial charge in [-0.3, -0.25) is 4.68 Å². The topological polar surface area (TPSA) is 83.7 Å². The van der Waals surface area contributed by atoms with Crippen molar-refractivity contribution in [3.8, 4) is 5.75 Å². The molecule has 0 aliphatic heterocycles. The normalized spacial score (nSPS) is 14.4. The number of aryl methyl sites for hydroxylation is 1. The molecule has 1 aromatic carbocycles. The van der Waals surface area contributed by atoms with Crippen LogP contribution in [0.3, 0.4) is 0 Å². The molecule has 29 heavy (non-hydrogen) atoms. The summed E-state index contributed by atoms with van der Waals surface area (Å²) < 4.78 is 7.48. The van der Waals surface area contributed by atoms with Crippen molar-refractivity contribution in [1.29, 1.82) is 0 Å². The molecule has 2 aromatic rings. The number of hydrogen-bond donors (Lipinski definition) is 3. The smallest absolute Gasteiger partial charge is 0.191 e. The Kier molecular flexibility index (Phi) is 7.67. The summed E-state index contributed by atoms with van der Waals surface area (Å²) in [6, 6.07) is 8.22. The second-order valence-electron chi connectivity index (χ2n) is 8.42. The molecule has 0 saturated carbocycles. The van der Waals surface area contributed by atoms with Gasteiger partial charge in [-0.2, -0.15) is 5.10 Å². The molecular weight excluding hydrogens is 366 g/mol. The van der Waals surface area contributed by atoms with Crippen LogP contribution in [-0.2, 0) is 18.1 Å². The van der Waals surface area contributed by atoms with Crippen molar-refractivity contribution < 1.29 is 9.84 Å². The summed E-state index contributed by atoms with van der Waals surface area (Å²) >= 11 is 0. The Hall–Kier alpha value is -2.54. The molecule has 2 rings (SSSR count). The first kappa shape index (κ1) is 22.7. The Bertz CT molecular complexity index is 788. The van der Waals surface area contributed by atoms with E-state index in [4.69, 9.17) is 4.74 Å². The van der Waals surface area contributed by atoms with Crippen molar-refractivity contribution in [3.05, 3.63) is 47.8 Å². The lowest BCUT2D eigenvalue weighted by atomic mass is 9.87. The quantitative estimate of drug-likeness (QED) is 0.360. The van der Waals surface area contributed by atoms with Crippen LogP contribution in [0.15, 0.2) is 41.7 Å². The summed E-state index contributed by atoms with van der Waals surface area (Å²) in [5.41, 5.74) is 1.07. The van der Waals surface area contributed by atoms with Gasteiger partial charge in [0.2, 0.25) is 0 Å². The Morgan fingerprint density at radius 1 is 1.14 bits per heavy atom. The maximum atomic E-state index is 10.7. The molecule has 1 atom stereocenters. The zero-order chi connectivity index (χ0) is 21.5. The van der Waals surface area contributed by atoms with E-state index < -0.39 is 5.60 Å². The van der Waals surface area contributed by atoms with Crippen LogP contribution in [0.4, 0.5) is 0 Å². The van der Waals surface area contributed by atoms with Gasteiger partial charge in [0.25, 0.3) is 0 Å². The van der Waals surface area contributed by atoms with Gasteiger partial charge in [-0.05, 0) is 37.0 Å². The lowest BCUT2D eigenvalue weighted by molar-refractivity contribution is 0.0672. The highest BCUT2D eigenvalue weighted by molar-refractivity contribution is 5.79. The van der Waals surface area contributed by atoms with Crippen LogP contribution >= 0.6 is 0 Å². The Balaban J connectivity index is 1.85. The van der Waals surface area contributed by atoms with Crippen LogP contribution in [0.2, 0.25) is 0 Å². The third-order valence-electron chi connectivity index (χ3n) is 4.60. The first-order chi connectivity index (χ1) is 13.6. The van der Waals surface area contributed by atoms with E-state index in [0.29, 0.717) is 19.1 Å². The zero-order valence-corrected chi connectivity index (χ0v) is 18.5. The van der Waals surface area contributed by atoms with Crippen molar-refractivity contribution >= 4 is 5.96 Å². The summed E-state index contributed by atoms with van der Waals surface area (Å²) in [7, 11) is 1.82. The lowest BCUT2D eigenvalue weighted by Gasteiger charge is -2.20. The molecular formula is C22H35N5O2. The minimum atomic E-state index is -1.08. The lowest BCUT2D eigenvalue weighted by Crippen LogP contribution is -2.40. The second-order valence-corrected chi connectivity index (χ2v) is 8.42. The number of nitrogens with zero attached hydrogens (tertiary/aromatic N) is 3. The monoisotopic (exact) mass is 401 g/mol. The molecule has 160 valence electrons. The van der Waals surface area contributed by atoms with Gasteiger partial charge in [0, 0.05) is 25.4 Å². The molecule has 0 bridgehead atoms. The minimum Gasteiger partial charge on any atom is -0.492 e. The number of benzene rings is 1. The van der Waals surface area contributed by atoms with Crippen LogP contribution in [0, 0.1) is 0 Å². The highest BCUT2D eigenvalue weighted by Gasteiger charge is 2.24. The molecule has 1 unspecified atom stereocenters. The van der Waals surface area contributed by atoms with E-state index in [1.807, 2.05) is 26.1 Å². The summed E-state index contributed by atoms with van der Waals surface area (Å²) in [6.45, 7) is 12.4. The van der Waals surface area contributed by atoms with E-state index in [2.05, 4.69) is 53.6 Å². The molecule has 0 amide bonds. The van der Waals surface area contributed by atoms with E-state index >= 15 is 0 Å². The largest absolute Gasteiger partial charge is 0.492 e. The van der Waals surface area contributed by atoms with Gasteiger partial charge < -0.3 is 20.5 Å². The minimum absolute atomic E-state index is 0.133. The Morgan fingerprint density at radius 2 is 1.83 bits per heavy atom. The molecule has 0 saturated heterocycles. The van der Waals surface area contributed by atoms with Gasteiger partial charge in [-0.15, -0.1) is 0 Å². The first-order valence-corrected chi connectivity index (χ1v) is 10.1. The fourth-order valence-electron chi connectivity index (χ4n) is 2.75. The van der Waals surface area contributed by atoms with Crippen molar-refractivity contribution in [1.82, 2.24) is 20.4 Å². The van der Waals surface area contributed by atoms with Crippen molar-refractivity contribution in [2.45, 2.75) is 45.6 Å². The van der Waals surface area contributed by atoms with Crippen LogP contribution in [0.5, 0.6) is 5.75 Å². The standard InChI is InChI=1S/C22H35N5O2/c1-7-23-20(25-16-22(5,28)18-14-26-27(6)15-18)24-12-13-29-19-10-8-17(9-11-19)21(2,3)4/h8-11,14-15,28H,7,12-13,16H2,1-6H3,(H2,23,24,25). The molecule has 7 heteroatoms. The maximum absolute atomic E-state index is 10.7. The molecule has 1 aromatic heterocycles. The predicted molar refractivity (Wildman–Crippen MR) is 117 cm³/mol. The van der Waals surface area contributed by atoms with Crippen LogP contribution in [-0.4, -0.2) is 47.1 Å². The van der Waals surface area contributed by atoms with Gasteiger partial charge in [0.15, 0.2) is 5.96 Å². The zero-order valence-electron chi connectivity index (χ0n) is 18.5. The van der Waals surface area contributed by atoms with Gasteiger partial charge in [0.1, 0.15) is 18.0 Å². The maximum Gasteiger partial charge on any atom is 0.191 e. The highest BCUT2D eigenvalue weighted by Crippen LogP contribution is 2.24.